The summed E-state index contributed by atoms with van der Waals surface area (Å²) in [5.41, 5.74) is 2.46. The van der Waals surface area contributed by atoms with E-state index in [0.717, 1.165) is 25.8 Å². The largest absolute Gasteiger partial charge is 0.394 e. The molecule has 1 rings (SSSR count). The van der Waals surface area contributed by atoms with Crippen molar-refractivity contribution in [1.29, 1.82) is 0 Å². The first-order valence-electron chi connectivity index (χ1n) is 8.09. The van der Waals surface area contributed by atoms with Crippen LogP contribution in [0.5, 0.6) is 0 Å². The maximum atomic E-state index is 9.78. The molecule has 0 fully saturated rings. The second kappa shape index (κ2) is 8.40. The molecule has 0 bridgehead atoms. The number of para-hydroxylation sites is 1. The lowest BCUT2D eigenvalue weighted by molar-refractivity contribution is 0.136. The normalized spacial score (nSPS) is 14.2. The number of aliphatic hydroxyl groups excluding tert-OH is 1. The van der Waals surface area contributed by atoms with E-state index in [-0.39, 0.29) is 12.1 Å². The lowest BCUT2D eigenvalue weighted by atomic mass is 9.90. The summed E-state index contributed by atoms with van der Waals surface area (Å²) >= 11 is 0. The number of nitrogens with zero attached hydrogens (tertiary/aromatic N) is 1. The van der Waals surface area contributed by atoms with E-state index in [1.807, 2.05) is 0 Å². The predicted molar refractivity (Wildman–Crippen MR) is 92.1 cm³/mol. The van der Waals surface area contributed by atoms with Gasteiger partial charge in [-0.1, -0.05) is 39.0 Å². The monoisotopic (exact) mass is 292 g/mol. The molecule has 0 saturated carbocycles. The molecule has 0 saturated heterocycles. The minimum Gasteiger partial charge on any atom is -0.394 e. The van der Waals surface area contributed by atoms with E-state index in [0.29, 0.717) is 6.04 Å². The molecule has 0 heterocycles. The van der Waals surface area contributed by atoms with Crippen molar-refractivity contribution in [2.24, 2.45) is 0 Å². The van der Waals surface area contributed by atoms with Crippen molar-refractivity contribution in [3.63, 3.8) is 0 Å². The molecule has 0 aliphatic heterocycles. The first-order valence-corrected chi connectivity index (χ1v) is 8.09. The van der Waals surface area contributed by atoms with Crippen molar-refractivity contribution in [2.45, 2.75) is 58.5 Å². The lowest BCUT2D eigenvalue weighted by Crippen LogP contribution is -2.51. The molecule has 1 unspecified atom stereocenters. The molecule has 0 aliphatic carbocycles. The van der Waals surface area contributed by atoms with Crippen molar-refractivity contribution in [3.8, 4) is 0 Å². The first-order chi connectivity index (χ1) is 9.94. The molecule has 0 amide bonds. The Bertz CT molecular complexity index is 413. The van der Waals surface area contributed by atoms with Gasteiger partial charge in [-0.25, -0.2) is 0 Å². The average molecular weight is 292 g/mol. The van der Waals surface area contributed by atoms with Gasteiger partial charge in [0.05, 0.1) is 6.61 Å². The lowest BCUT2D eigenvalue weighted by Gasteiger charge is -2.35. The highest BCUT2D eigenvalue weighted by Crippen LogP contribution is 2.21. The number of nitrogens with one attached hydrogen (secondary N) is 1. The number of rotatable bonds is 9. The number of benzene rings is 1. The third-order valence-electron chi connectivity index (χ3n) is 4.25. The summed E-state index contributed by atoms with van der Waals surface area (Å²) in [5, 5.41) is 13.3. The van der Waals surface area contributed by atoms with Gasteiger partial charge in [0.15, 0.2) is 0 Å². The highest BCUT2D eigenvalue weighted by atomic mass is 16.3. The summed E-state index contributed by atoms with van der Waals surface area (Å²) < 4.78 is 0. The molecule has 1 atom stereocenters. The van der Waals surface area contributed by atoms with E-state index < -0.39 is 0 Å². The Hall–Kier alpha value is -1.06. The van der Waals surface area contributed by atoms with Crippen LogP contribution in [0, 0.1) is 6.92 Å². The first kappa shape index (κ1) is 18.0. The molecule has 2 N–H and O–H groups in total. The molecule has 0 radical (unpaired) electrons. The molecule has 0 spiro atoms. The van der Waals surface area contributed by atoms with Crippen LogP contribution in [0.1, 0.15) is 45.6 Å². The smallest absolute Gasteiger partial charge is 0.0613 e. The zero-order chi connectivity index (χ0) is 15.9. The Balaban J connectivity index is 2.56. The van der Waals surface area contributed by atoms with Gasteiger partial charge in [-0.3, -0.25) is 0 Å². The van der Waals surface area contributed by atoms with Crippen LogP contribution in [0.2, 0.25) is 0 Å². The fourth-order valence-corrected chi connectivity index (χ4v) is 2.97. The van der Waals surface area contributed by atoms with Crippen LogP contribution in [-0.2, 0) is 0 Å². The Labute approximate surface area is 130 Å². The van der Waals surface area contributed by atoms with Crippen molar-refractivity contribution in [3.05, 3.63) is 29.8 Å². The van der Waals surface area contributed by atoms with Gasteiger partial charge in [-0.15, -0.1) is 0 Å². The number of hydrogen-bond acceptors (Lipinski definition) is 3. The summed E-state index contributed by atoms with van der Waals surface area (Å²) in [6, 6.07) is 8.87. The SMILES string of the molecule is CCC(CO)(CCCN(C)c1ccccc1C)NC(C)C. The van der Waals surface area contributed by atoms with Gasteiger partial charge < -0.3 is 15.3 Å². The second-order valence-electron chi connectivity index (χ2n) is 6.40. The molecule has 3 nitrogen and oxygen atoms in total. The van der Waals surface area contributed by atoms with Gasteiger partial charge in [0, 0.05) is 30.9 Å². The fourth-order valence-electron chi connectivity index (χ4n) is 2.97. The molecule has 0 aliphatic rings. The molecule has 0 aromatic heterocycles. The predicted octanol–water partition coefficient (Wildman–Crippen LogP) is 3.35. The molecule has 1 aromatic carbocycles. The summed E-state index contributed by atoms with van der Waals surface area (Å²) in [6.07, 6.45) is 3.02. The highest BCUT2D eigenvalue weighted by molar-refractivity contribution is 5.52. The van der Waals surface area contributed by atoms with Crippen LogP contribution in [0.3, 0.4) is 0 Å². The van der Waals surface area contributed by atoms with Crippen LogP contribution >= 0.6 is 0 Å². The van der Waals surface area contributed by atoms with Crippen LogP contribution in [0.4, 0.5) is 5.69 Å². The van der Waals surface area contributed by atoms with Gasteiger partial charge in [-0.05, 0) is 37.8 Å². The van der Waals surface area contributed by atoms with E-state index in [9.17, 15) is 5.11 Å². The van der Waals surface area contributed by atoms with Gasteiger partial charge in [0.25, 0.3) is 0 Å². The van der Waals surface area contributed by atoms with E-state index >= 15 is 0 Å². The zero-order valence-electron chi connectivity index (χ0n) is 14.3. The Morgan fingerprint density at radius 2 is 1.95 bits per heavy atom. The van der Waals surface area contributed by atoms with Crippen molar-refractivity contribution in [1.82, 2.24) is 5.32 Å². The highest BCUT2D eigenvalue weighted by Gasteiger charge is 2.27. The maximum Gasteiger partial charge on any atom is 0.0613 e. The van der Waals surface area contributed by atoms with Crippen LogP contribution < -0.4 is 10.2 Å². The summed E-state index contributed by atoms with van der Waals surface area (Å²) in [5.74, 6) is 0. The number of hydrogen-bond donors (Lipinski definition) is 2. The fraction of sp³-hybridized carbons (Fsp3) is 0.667. The number of anilines is 1. The maximum absolute atomic E-state index is 9.78. The van der Waals surface area contributed by atoms with Crippen molar-refractivity contribution in [2.75, 3.05) is 25.1 Å². The molecule has 120 valence electrons. The minimum absolute atomic E-state index is 0.138. The Morgan fingerprint density at radius 1 is 1.29 bits per heavy atom. The third-order valence-corrected chi connectivity index (χ3v) is 4.25. The Morgan fingerprint density at radius 3 is 2.48 bits per heavy atom. The Kier molecular flexibility index (Phi) is 7.20. The molecule has 21 heavy (non-hydrogen) atoms. The van der Waals surface area contributed by atoms with E-state index in [1.165, 1.54) is 11.3 Å². The van der Waals surface area contributed by atoms with Crippen molar-refractivity contribution >= 4 is 5.69 Å². The summed E-state index contributed by atoms with van der Waals surface area (Å²) in [7, 11) is 2.14. The van der Waals surface area contributed by atoms with Gasteiger partial charge >= 0.3 is 0 Å². The number of aliphatic hydroxyl groups is 1. The van der Waals surface area contributed by atoms with Gasteiger partial charge in [0.1, 0.15) is 0 Å². The second-order valence-corrected chi connectivity index (χ2v) is 6.40. The van der Waals surface area contributed by atoms with Crippen molar-refractivity contribution < 1.29 is 5.11 Å². The standard InChI is InChI=1S/C18H32N2O/c1-6-18(14-21,19-15(2)3)12-9-13-20(5)17-11-8-7-10-16(17)4/h7-8,10-11,15,19,21H,6,9,12-14H2,1-5H3. The van der Waals surface area contributed by atoms with Crippen LogP contribution in [-0.4, -0.2) is 36.9 Å². The molecular formula is C18H32N2O. The van der Waals surface area contributed by atoms with Crippen LogP contribution in [0.25, 0.3) is 0 Å². The summed E-state index contributed by atoms with van der Waals surface area (Å²) in [6.45, 7) is 9.79. The molecular weight excluding hydrogens is 260 g/mol. The van der Waals surface area contributed by atoms with E-state index in [1.54, 1.807) is 0 Å². The van der Waals surface area contributed by atoms with E-state index in [2.05, 4.69) is 69.2 Å². The van der Waals surface area contributed by atoms with Crippen LogP contribution in [0.15, 0.2) is 24.3 Å². The quantitative estimate of drug-likeness (QED) is 0.732. The third kappa shape index (κ3) is 5.33. The van der Waals surface area contributed by atoms with E-state index in [4.69, 9.17) is 0 Å². The summed E-state index contributed by atoms with van der Waals surface area (Å²) in [4.78, 5) is 2.31. The molecule has 3 heteroatoms. The average Bonchev–Trinajstić information content (AvgIpc) is 2.46. The minimum atomic E-state index is -0.138. The number of aryl methyl sites for hydroxylation is 1. The van der Waals surface area contributed by atoms with Gasteiger partial charge in [0.2, 0.25) is 0 Å². The van der Waals surface area contributed by atoms with Gasteiger partial charge in [-0.2, -0.15) is 0 Å². The zero-order valence-corrected chi connectivity index (χ0v) is 14.3. The molecule has 1 aromatic rings. The topological polar surface area (TPSA) is 35.5 Å².